The molecule has 1 heteroatoms. The lowest BCUT2D eigenvalue weighted by atomic mass is 10.0. The first kappa shape index (κ1) is 10.7. The second kappa shape index (κ2) is 4.36. The van der Waals surface area contributed by atoms with Gasteiger partial charge in [0, 0.05) is 12.6 Å². The van der Waals surface area contributed by atoms with Gasteiger partial charge in [-0.15, -0.1) is 0 Å². The Kier molecular flexibility index (Phi) is 3.11. The van der Waals surface area contributed by atoms with E-state index in [2.05, 4.69) is 44.3 Å². The Morgan fingerprint density at radius 1 is 1.33 bits per heavy atom. The van der Waals surface area contributed by atoms with Crippen LogP contribution in [0.1, 0.15) is 49.3 Å². The molecule has 1 aromatic rings. The average molecular weight is 203 g/mol. The summed E-state index contributed by atoms with van der Waals surface area (Å²) in [7, 11) is 0. The lowest BCUT2D eigenvalue weighted by molar-refractivity contribution is 0.587. The van der Waals surface area contributed by atoms with Crippen molar-refractivity contribution in [2.75, 3.05) is 0 Å². The zero-order chi connectivity index (χ0) is 10.8. The van der Waals surface area contributed by atoms with Crippen molar-refractivity contribution in [1.82, 2.24) is 5.32 Å². The maximum atomic E-state index is 3.47. The quantitative estimate of drug-likeness (QED) is 0.791. The first-order valence-electron chi connectivity index (χ1n) is 5.99. The number of hydrogen-bond acceptors (Lipinski definition) is 1. The molecule has 1 aliphatic rings. The third-order valence-corrected chi connectivity index (χ3v) is 3.12. The van der Waals surface area contributed by atoms with Crippen LogP contribution in [0.5, 0.6) is 0 Å². The molecule has 0 heterocycles. The van der Waals surface area contributed by atoms with E-state index in [4.69, 9.17) is 0 Å². The van der Waals surface area contributed by atoms with Crippen LogP contribution in [-0.4, -0.2) is 6.04 Å². The third-order valence-electron chi connectivity index (χ3n) is 3.12. The minimum atomic E-state index is 0.563. The van der Waals surface area contributed by atoms with E-state index >= 15 is 0 Å². The predicted octanol–water partition coefficient (Wildman–Crippen LogP) is 3.37. The second-order valence-corrected chi connectivity index (χ2v) is 5.00. The van der Waals surface area contributed by atoms with E-state index in [1.807, 2.05) is 0 Å². The standard InChI is InChI=1S/C14H21N/c1-10(2)15-9-14-7-6-13(8-11(14)3)12-4-5-12/h6-8,10,12,15H,4-5,9H2,1-3H3. The van der Waals surface area contributed by atoms with Crippen LogP contribution in [0.3, 0.4) is 0 Å². The van der Waals surface area contributed by atoms with Crippen molar-refractivity contribution in [3.63, 3.8) is 0 Å². The molecule has 0 aliphatic heterocycles. The molecule has 15 heavy (non-hydrogen) atoms. The zero-order valence-electron chi connectivity index (χ0n) is 10.0. The summed E-state index contributed by atoms with van der Waals surface area (Å²) >= 11 is 0. The molecule has 0 amide bonds. The molecule has 82 valence electrons. The van der Waals surface area contributed by atoms with Crippen molar-refractivity contribution >= 4 is 0 Å². The van der Waals surface area contributed by atoms with E-state index < -0.39 is 0 Å². The van der Waals surface area contributed by atoms with Gasteiger partial charge in [0.1, 0.15) is 0 Å². The highest BCUT2D eigenvalue weighted by atomic mass is 14.9. The molecule has 1 saturated carbocycles. The van der Waals surface area contributed by atoms with Gasteiger partial charge in [0.2, 0.25) is 0 Å². The van der Waals surface area contributed by atoms with Gasteiger partial charge in [0.25, 0.3) is 0 Å². The van der Waals surface area contributed by atoms with Gasteiger partial charge in [-0.2, -0.15) is 0 Å². The molecular weight excluding hydrogens is 182 g/mol. The molecule has 0 atom stereocenters. The Morgan fingerprint density at radius 2 is 2.07 bits per heavy atom. The Labute approximate surface area is 92.9 Å². The van der Waals surface area contributed by atoms with Gasteiger partial charge in [0.15, 0.2) is 0 Å². The van der Waals surface area contributed by atoms with Crippen LogP contribution < -0.4 is 5.32 Å². The summed E-state index contributed by atoms with van der Waals surface area (Å²) in [5.74, 6) is 0.871. The number of benzene rings is 1. The molecule has 2 rings (SSSR count). The van der Waals surface area contributed by atoms with Crippen molar-refractivity contribution < 1.29 is 0 Å². The van der Waals surface area contributed by atoms with Crippen LogP contribution in [-0.2, 0) is 6.54 Å². The molecule has 0 unspecified atom stereocenters. The van der Waals surface area contributed by atoms with Crippen molar-refractivity contribution in [3.8, 4) is 0 Å². The first-order chi connectivity index (χ1) is 7.16. The Bertz CT molecular complexity index is 337. The zero-order valence-corrected chi connectivity index (χ0v) is 10.0. The summed E-state index contributed by atoms with van der Waals surface area (Å²) in [6, 6.07) is 7.53. The number of rotatable bonds is 4. The van der Waals surface area contributed by atoms with Crippen molar-refractivity contribution in [2.45, 2.75) is 52.1 Å². The Morgan fingerprint density at radius 3 is 2.60 bits per heavy atom. The largest absolute Gasteiger partial charge is 0.310 e. The summed E-state index contributed by atoms with van der Waals surface area (Å²) in [5.41, 5.74) is 4.42. The maximum Gasteiger partial charge on any atom is 0.0210 e. The summed E-state index contributed by atoms with van der Waals surface area (Å²) < 4.78 is 0. The van der Waals surface area contributed by atoms with Crippen LogP contribution in [0.15, 0.2) is 18.2 Å². The van der Waals surface area contributed by atoms with Gasteiger partial charge >= 0.3 is 0 Å². The van der Waals surface area contributed by atoms with Crippen LogP contribution in [0, 0.1) is 6.92 Å². The van der Waals surface area contributed by atoms with E-state index in [1.165, 1.54) is 24.0 Å². The second-order valence-electron chi connectivity index (χ2n) is 5.00. The van der Waals surface area contributed by atoms with E-state index in [9.17, 15) is 0 Å². The lowest BCUT2D eigenvalue weighted by Crippen LogP contribution is -2.22. The minimum Gasteiger partial charge on any atom is -0.310 e. The molecule has 1 N–H and O–H groups in total. The number of aryl methyl sites for hydroxylation is 1. The van der Waals surface area contributed by atoms with Gasteiger partial charge < -0.3 is 5.32 Å². The minimum absolute atomic E-state index is 0.563. The summed E-state index contributed by atoms with van der Waals surface area (Å²) in [5, 5.41) is 3.47. The van der Waals surface area contributed by atoms with Crippen LogP contribution in [0.2, 0.25) is 0 Å². The monoisotopic (exact) mass is 203 g/mol. The molecule has 0 saturated heterocycles. The van der Waals surface area contributed by atoms with Crippen LogP contribution >= 0.6 is 0 Å². The normalized spacial score (nSPS) is 16.0. The molecule has 1 aromatic carbocycles. The van der Waals surface area contributed by atoms with Crippen LogP contribution in [0.25, 0.3) is 0 Å². The predicted molar refractivity (Wildman–Crippen MR) is 65.1 cm³/mol. The molecule has 0 aromatic heterocycles. The number of nitrogens with one attached hydrogen (secondary N) is 1. The highest BCUT2D eigenvalue weighted by Crippen LogP contribution is 2.40. The maximum absolute atomic E-state index is 3.47. The Hall–Kier alpha value is -0.820. The van der Waals surface area contributed by atoms with Gasteiger partial charge in [-0.05, 0) is 42.4 Å². The topological polar surface area (TPSA) is 12.0 Å². The van der Waals surface area contributed by atoms with E-state index in [1.54, 1.807) is 5.56 Å². The summed E-state index contributed by atoms with van der Waals surface area (Å²) in [6.45, 7) is 7.60. The van der Waals surface area contributed by atoms with E-state index in [0.29, 0.717) is 6.04 Å². The average Bonchev–Trinajstić information content (AvgIpc) is 2.98. The first-order valence-corrected chi connectivity index (χ1v) is 5.99. The molecule has 0 spiro atoms. The van der Waals surface area contributed by atoms with Crippen molar-refractivity contribution in [2.24, 2.45) is 0 Å². The molecule has 0 radical (unpaired) electrons. The van der Waals surface area contributed by atoms with Crippen LogP contribution in [0.4, 0.5) is 0 Å². The molecule has 0 bridgehead atoms. The van der Waals surface area contributed by atoms with Gasteiger partial charge in [-0.3, -0.25) is 0 Å². The number of hydrogen-bond donors (Lipinski definition) is 1. The van der Waals surface area contributed by atoms with E-state index in [0.717, 1.165) is 12.5 Å². The third kappa shape index (κ3) is 2.82. The van der Waals surface area contributed by atoms with Gasteiger partial charge in [-0.25, -0.2) is 0 Å². The van der Waals surface area contributed by atoms with Gasteiger partial charge in [-0.1, -0.05) is 32.0 Å². The molecule has 1 aliphatic carbocycles. The smallest absolute Gasteiger partial charge is 0.0210 e. The Balaban J connectivity index is 2.05. The fraction of sp³-hybridized carbons (Fsp3) is 0.571. The van der Waals surface area contributed by atoms with Crippen molar-refractivity contribution in [1.29, 1.82) is 0 Å². The molecule has 1 nitrogen and oxygen atoms in total. The highest BCUT2D eigenvalue weighted by Gasteiger charge is 2.23. The van der Waals surface area contributed by atoms with Gasteiger partial charge in [0.05, 0.1) is 0 Å². The molecular formula is C14H21N. The lowest BCUT2D eigenvalue weighted by Gasteiger charge is -2.11. The van der Waals surface area contributed by atoms with E-state index in [-0.39, 0.29) is 0 Å². The summed E-state index contributed by atoms with van der Waals surface area (Å²) in [6.07, 6.45) is 2.78. The summed E-state index contributed by atoms with van der Waals surface area (Å²) in [4.78, 5) is 0. The molecule has 1 fully saturated rings. The fourth-order valence-electron chi connectivity index (χ4n) is 1.90. The fourth-order valence-corrected chi connectivity index (χ4v) is 1.90. The SMILES string of the molecule is Cc1cc(C2CC2)ccc1CNC(C)C. The highest BCUT2D eigenvalue weighted by molar-refractivity contribution is 5.34. The van der Waals surface area contributed by atoms with Crippen molar-refractivity contribution in [3.05, 3.63) is 34.9 Å².